The van der Waals surface area contributed by atoms with Crippen LogP contribution >= 0.6 is 0 Å². The highest BCUT2D eigenvalue weighted by Crippen LogP contribution is 2.15. The van der Waals surface area contributed by atoms with E-state index in [1.165, 1.54) is 141 Å². The predicted molar refractivity (Wildman–Crippen MR) is 279 cm³/mol. The Hall–Kier alpha value is -2.66. The van der Waals surface area contributed by atoms with Gasteiger partial charge in [0.05, 0.1) is 6.61 Å². The van der Waals surface area contributed by atoms with E-state index in [9.17, 15) is 9.59 Å². The molecule has 0 aliphatic carbocycles. The summed E-state index contributed by atoms with van der Waals surface area (Å²) in [4.78, 5) is 25.5. The van der Waals surface area contributed by atoms with Crippen LogP contribution in [0.2, 0.25) is 0 Å². The van der Waals surface area contributed by atoms with Gasteiger partial charge < -0.3 is 14.2 Å². The van der Waals surface area contributed by atoms with Gasteiger partial charge >= 0.3 is 11.9 Å². The van der Waals surface area contributed by atoms with Crippen LogP contribution in [-0.2, 0) is 23.8 Å². The van der Waals surface area contributed by atoms with Crippen LogP contribution in [0.15, 0.2) is 72.9 Å². The Balaban J connectivity index is 4.32. The molecule has 0 amide bonds. The lowest BCUT2D eigenvalue weighted by atomic mass is 10.0. The van der Waals surface area contributed by atoms with E-state index < -0.39 is 6.10 Å². The molecule has 1 unspecified atom stereocenters. The maximum Gasteiger partial charge on any atom is 0.306 e. The summed E-state index contributed by atoms with van der Waals surface area (Å²) in [7, 11) is 0. The van der Waals surface area contributed by atoms with Gasteiger partial charge in [-0.25, -0.2) is 0 Å². The van der Waals surface area contributed by atoms with E-state index in [1.807, 2.05) is 0 Å². The quantitative estimate of drug-likeness (QED) is 0.0346. The first-order valence-electron chi connectivity index (χ1n) is 27.5. The maximum absolute atomic E-state index is 12.8. The van der Waals surface area contributed by atoms with Crippen molar-refractivity contribution >= 4 is 11.9 Å². The van der Waals surface area contributed by atoms with E-state index in [1.54, 1.807) is 0 Å². The molecule has 5 heteroatoms. The van der Waals surface area contributed by atoms with E-state index in [0.717, 1.165) is 89.9 Å². The summed E-state index contributed by atoms with van der Waals surface area (Å²) >= 11 is 0. The lowest BCUT2D eigenvalue weighted by Crippen LogP contribution is -2.30. The zero-order chi connectivity index (χ0) is 46.3. The molecular formula is C59H104O5. The second kappa shape index (κ2) is 54.7. The molecule has 0 spiro atoms. The first-order chi connectivity index (χ1) is 31.6. The fraction of sp³-hybridized carbons (Fsp3) is 0.763. The van der Waals surface area contributed by atoms with Crippen molar-refractivity contribution in [2.24, 2.45) is 0 Å². The fourth-order valence-electron chi connectivity index (χ4n) is 7.65. The third kappa shape index (κ3) is 52.0. The summed E-state index contributed by atoms with van der Waals surface area (Å²) in [5.74, 6) is -0.416. The molecule has 0 rings (SSSR count). The van der Waals surface area contributed by atoms with Gasteiger partial charge in [-0.05, 0) is 89.9 Å². The maximum atomic E-state index is 12.8. The highest BCUT2D eigenvalue weighted by atomic mass is 16.6. The van der Waals surface area contributed by atoms with Gasteiger partial charge in [-0.2, -0.15) is 0 Å². The molecule has 1 atom stereocenters. The molecule has 0 aliphatic rings. The van der Waals surface area contributed by atoms with Crippen LogP contribution < -0.4 is 0 Å². The Morgan fingerprint density at radius 2 is 0.703 bits per heavy atom. The monoisotopic (exact) mass is 893 g/mol. The van der Waals surface area contributed by atoms with Gasteiger partial charge in [0, 0.05) is 19.4 Å². The number of rotatable bonds is 50. The predicted octanol–water partition coefficient (Wildman–Crippen LogP) is 18.7. The number of unbranched alkanes of at least 4 members (excludes halogenated alkanes) is 27. The lowest BCUT2D eigenvalue weighted by Gasteiger charge is -2.18. The highest BCUT2D eigenvalue weighted by Gasteiger charge is 2.17. The topological polar surface area (TPSA) is 61.8 Å². The molecule has 5 nitrogen and oxygen atoms in total. The van der Waals surface area contributed by atoms with Crippen molar-refractivity contribution in [2.75, 3.05) is 19.8 Å². The van der Waals surface area contributed by atoms with Crippen molar-refractivity contribution in [2.45, 2.75) is 271 Å². The minimum absolute atomic E-state index is 0.0704. The van der Waals surface area contributed by atoms with Crippen LogP contribution in [0.5, 0.6) is 0 Å². The Kier molecular flexibility index (Phi) is 52.4. The van der Waals surface area contributed by atoms with Crippen molar-refractivity contribution in [3.05, 3.63) is 72.9 Å². The van der Waals surface area contributed by atoms with E-state index in [0.29, 0.717) is 19.4 Å². The molecule has 0 radical (unpaired) electrons. The standard InChI is InChI=1S/C59H104O5/c1-4-7-10-13-16-19-22-25-28-29-30-33-36-39-42-45-48-51-54-62-55-57(64-59(61)53-50-47-44-41-38-35-32-27-24-21-18-15-12-9-6-3)56-63-58(60)52-49-46-43-40-37-34-31-26-23-20-17-14-11-8-5-2/h7,10,16-17,19-20,25-26,28,30-31,33,57H,4-6,8-9,11-15,18,21-24,27,29,32,34-56H2,1-3H3/b10-7-,19-16-,20-17-,28-25-,31-26-,33-30-. The van der Waals surface area contributed by atoms with Crippen LogP contribution in [0.3, 0.4) is 0 Å². The van der Waals surface area contributed by atoms with Crippen LogP contribution in [0, 0.1) is 0 Å². The molecule has 0 fully saturated rings. The first kappa shape index (κ1) is 61.3. The molecule has 0 bridgehead atoms. The van der Waals surface area contributed by atoms with Crippen molar-refractivity contribution in [3.63, 3.8) is 0 Å². The van der Waals surface area contributed by atoms with E-state index >= 15 is 0 Å². The Labute approximate surface area is 397 Å². The number of carbonyl (C=O) groups is 2. The van der Waals surface area contributed by atoms with Gasteiger partial charge in [0.2, 0.25) is 0 Å². The molecule has 0 aromatic rings. The summed E-state index contributed by atoms with van der Waals surface area (Å²) in [6, 6.07) is 0. The largest absolute Gasteiger partial charge is 0.462 e. The summed E-state index contributed by atoms with van der Waals surface area (Å²) in [6.07, 6.45) is 70.5. The number of carbonyl (C=O) groups excluding carboxylic acids is 2. The van der Waals surface area contributed by atoms with Crippen molar-refractivity contribution in [1.82, 2.24) is 0 Å². The van der Waals surface area contributed by atoms with Crippen LogP contribution in [-0.4, -0.2) is 37.9 Å². The normalized spacial score (nSPS) is 12.7. The molecule has 0 N–H and O–H groups in total. The molecule has 370 valence electrons. The highest BCUT2D eigenvalue weighted by molar-refractivity contribution is 5.70. The Morgan fingerprint density at radius 1 is 0.359 bits per heavy atom. The minimum Gasteiger partial charge on any atom is -0.462 e. The first-order valence-corrected chi connectivity index (χ1v) is 27.5. The van der Waals surface area contributed by atoms with E-state index in [-0.39, 0.29) is 25.2 Å². The minimum atomic E-state index is -0.552. The zero-order valence-electron chi connectivity index (χ0n) is 42.5. The summed E-state index contributed by atoms with van der Waals surface area (Å²) < 4.78 is 17.4. The van der Waals surface area contributed by atoms with Gasteiger partial charge in [-0.3, -0.25) is 9.59 Å². The van der Waals surface area contributed by atoms with Gasteiger partial charge in [-0.15, -0.1) is 0 Å². The van der Waals surface area contributed by atoms with E-state index in [2.05, 4.69) is 93.7 Å². The molecule has 0 aromatic heterocycles. The molecular weight excluding hydrogens is 789 g/mol. The van der Waals surface area contributed by atoms with Crippen molar-refractivity contribution in [1.29, 1.82) is 0 Å². The average molecular weight is 893 g/mol. The second-order valence-corrected chi connectivity index (χ2v) is 18.1. The Bertz CT molecular complexity index is 1150. The van der Waals surface area contributed by atoms with Gasteiger partial charge in [0.1, 0.15) is 6.61 Å². The molecule has 0 saturated carbocycles. The van der Waals surface area contributed by atoms with Crippen molar-refractivity contribution in [3.8, 4) is 0 Å². The molecule has 64 heavy (non-hydrogen) atoms. The molecule has 0 aromatic carbocycles. The summed E-state index contributed by atoms with van der Waals surface area (Å²) in [6.45, 7) is 7.66. The average Bonchev–Trinajstić information content (AvgIpc) is 3.30. The number of esters is 2. The summed E-state index contributed by atoms with van der Waals surface area (Å²) in [5, 5.41) is 0. The third-order valence-corrected chi connectivity index (χ3v) is 11.7. The van der Waals surface area contributed by atoms with E-state index in [4.69, 9.17) is 14.2 Å². The van der Waals surface area contributed by atoms with Crippen LogP contribution in [0.4, 0.5) is 0 Å². The van der Waals surface area contributed by atoms with Crippen molar-refractivity contribution < 1.29 is 23.8 Å². The Morgan fingerprint density at radius 3 is 1.16 bits per heavy atom. The molecule has 0 saturated heterocycles. The lowest BCUT2D eigenvalue weighted by molar-refractivity contribution is -0.163. The molecule has 0 heterocycles. The van der Waals surface area contributed by atoms with Crippen LogP contribution in [0.1, 0.15) is 265 Å². The SMILES string of the molecule is CC/C=C\C/C=C\C/C=C\C/C=C\CCCCCCCOCC(COC(=O)CCCCCCC/C=C\C/C=C\CCCCC)OC(=O)CCCCCCCCCCCCCCCCC. The van der Waals surface area contributed by atoms with Gasteiger partial charge in [-0.1, -0.05) is 235 Å². The fourth-order valence-corrected chi connectivity index (χ4v) is 7.65. The van der Waals surface area contributed by atoms with Gasteiger partial charge in [0.15, 0.2) is 6.10 Å². The molecule has 0 aliphatic heterocycles. The third-order valence-electron chi connectivity index (χ3n) is 11.7. The number of hydrogen-bond donors (Lipinski definition) is 0. The number of allylic oxidation sites excluding steroid dienone is 12. The number of ether oxygens (including phenoxy) is 3. The summed E-state index contributed by atoms with van der Waals surface area (Å²) in [5.41, 5.74) is 0. The number of hydrogen-bond acceptors (Lipinski definition) is 5. The smallest absolute Gasteiger partial charge is 0.306 e. The van der Waals surface area contributed by atoms with Crippen LogP contribution in [0.25, 0.3) is 0 Å². The zero-order valence-corrected chi connectivity index (χ0v) is 42.5. The van der Waals surface area contributed by atoms with Gasteiger partial charge in [0.25, 0.3) is 0 Å². The second-order valence-electron chi connectivity index (χ2n) is 18.1.